The minimum Gasteiger partial charge on any atom is -0.496 e. The molecule has 106 valence electrons. The van der Waals surface area contributed by atoms with Crippen molar-refractivity contribution in [3.05, 3.63) is 64.4 Å². The third kappa shape index (κ3) is 3.50. The number of benzene rings is 2. The highest BCUT2D eigenvalue weighted by Gasteiger charge is 2.11. The monoisotopic (exact) mass is 293 g/mol. The summed E-state index contributed by atoms with van der Waals surface area (Å²) >= 11 is 5.88. The van der Waals surface area contributed by atoms with Crippen molar-refractivity contribution in [1.29, 1.82) is 0 Å². The molecule has 4 heteroatoms. The van der Waals surface area contributed by atoms with Crippen LogP contribution in [0, 0.1) is 5.82 Å². The largest absolute Gasteiger partial charge is 0.496 e. The van der Waals surface area contributed by atoms with Crippen LogP contribution in [0.25, 0.3) is 0 Å². The summed E-state index contributed by atoms with van der Waals surface area (Å²) in [5.74, 6) is 0.563. The summed E-state index contributed by atoms with van der Waals surface area (Å²) in [5, 5.41) is 3.81. The zero-order chi connectivity index (χ0) is 14.5. The molecule has 1 N–H and O–H groups in total. The number of para-hydroxylation sites is 1. The molecule has 0 aliphatic carbocycles. The Kier molecular flexibility index (Phi) is 4.99. The minimum atomic E-state index is -0.255. The normalized spacial score (nSPS) is 12.2. The Bertz CT molecular complexity index is 588. The molecule has 0 saturated heterocycles. The van der Waals surface area contributed by atoms with Gasteiger partial charge in [-0.2, -0.15) is 0 Å². The van der Waals surface area contributed by atoms with Crippen LogP contribution >= 0.6 is 11.6 Å². The first-order valence-corrected chi connectivity index (χ1v) is 6.80. The summed E-state index contributed by atoms with van der Waals surface area (Å²) in [7, 11) is 1.64. The molecule has 0 bridgehead atoms. The van der Waals surface area contributed by atoms with Gasteiger partial charge in [0.25, 0.3) is 0 Å². The second kappa shape index (κ2) is 6.73. The van der Waals surface area contributed by atoms with Crippen LogP contribution in [-0.4, -0.2) is 7.11 Å². The molecule has 0 amide bonds. The molecule has 2 aromatic rings. The van der Waals surface area contributed by atoms with Crippen molar-refractivity contribution in [2.75, 3.05) is 7.11 Å². The van der Waals surface area contributed by atoms with Gasteiger partial charge in [0.15, 0.2) is 0 Å². The Morgan fingerprint density at radius 1 is 1.25 bits per heavy atom. The number of rotatable bonds is 5. The van der Waals surface area contributed by atoms with Crippen molar-refractivity contribution in [3.8, 4) is 5.75 Å². The second-order valence-corrected chi connectivity index (χ2v) is 5.02. The topological polar surface area (TPSA) is 21.3 Å². The predicted molar refractivity (Wildman–Crippen MR) is 79.7 cm³/mol. The van der Waals surface area contributed by atoms with Crippen molar-refractivity contribution < 1.29 is 9.13 Å². The van der Waals surface area contributed by atoms with E-state index in [1.807, 2.05) is 31.2 Å². The van der Waals surface area contributed by atoms with Crippen LogP contribution < -0.4 is 10.1 Å². The first-order valence-electron chi connectivity index (χ1n) is 6.42. The number of methoxy groups -OCH3 is 1. The number of nitrogens with one attached hydrogen (secondary N) is 1. The van der Waals surface area contributed by atoms with Gasteiger partial charge in [-0.15, -0.1) is 0 Å². The molecule has 0 fully saturated rings. The van der Waals surface area contributed by atoms with Gasteiger partial charge < -0.3 is 10.1 Å². The number of ether oxygens (including phenoxy) is 1. The number of hydrogen-bond donors (Lipinski definition) is 1. The average Bonchev–Trinajstić information content (AvgIpc) is 2.47. The molecule has 0 aliphatic rings. The molecule has 0 spiro atoms. The third-order valence-electron chi connectivity index (χ3n) is 3.21. The Morgan fingerprint density at radius 3 is 2.75 bits per heavy atom. The van der Waals surface area contributed by atoms with Gasteiger partial charge in [0.1, 0.15) is 11.6 Å². The Labute approximate surface area is 123 Å². The van der Waals surface area contributed by atoms with E-state index < -0.39 is 0 Å². The van der Waals surface area contributed by atoms with Gasteiger partial charge in [-0.1, -0.05) is 29.8 Å². The van der Waals surface area contributed by atoms with E-state index in [-0.39, 0.29) is 11.9 Å². The molecule has 2 nitrogen and oxygen atoms in total. The lowest BCUT2D eigenvalue weighted by atomic mass is 10.1. The third-order valence-corrected chi connectivity index (χ3v) is 3.45. The van der Waals surface area contributed by atoms with E-state index in [0.29, 0.717) is 17.1 Å². The SMILES string of the molecule is COc1ccccc1[C@H](C)NCc1cc(Cl)ccc1F. The van der Waals surface area contributed by atoms with E-state index in [2.05, 4.69) is 5.32 Å². The standard InChI is InChI=1S/C16H17ClFNO/c1-11(14-5-3-4-6-16(14)20-2)19-10-12-9-13(17)7-8-15(12)18/h3-9,11,19H,10H2,1-2H3/t11-/m0/s1. The molecule has 1 atom stereocenters. The summed E-state index contributed by atoms with van der Waals surface area (Å²) in [6.45, 7) is 2.42. The number of hydrogen-bond acceptors (Lipinski definition) is 2. The first kappa shape index (κ1) is 14.8. The maximum absolute atomic E-state index is 13.6. The van der Waals surface area contributed by atoms with Crippen LogP contribution in [0.2, 0.25) is 5.02 Å². The van der Waals surface area contributed by atoms with E-state index in [1.165, 1.54) is 6.07 Å². The average molecular weight is 294 g/mol. The van der Waals surface area contributed by atoms with E-state index in [1.54, 1.807) is 19.2 Å². The fourth-order valence-corrected chi connectivity index (χ4v) is 2.27. The lowest BCUT2D eigenvalue weighted by molar-refractivity contribution is 0.401. The van der Waals surface area contributed by atoms with Crippen molar-refractivity contribution >= 4 is 11.6 Å². The highest BCUT2D eigenvalue weighted by atomic mass is 35.5. The van der Waals surface area contributed by atoms with E-state index in [9.17, 15) is 4.39 Å². The quantitative estimate of drug-likeness (QED) is 0.885. The lowest BCUT2D eigenvalue weighted by Crippen LogP contribution is -2.19. The Hall–Kier alpha value is -1.58. The fraction of sp³-hybridized carbons (Fsp3) is 0.250. The summed E-state index contributed by atoms with van der Waals surface area (Å²) in [6.07, 6.45) is 0. The molecule has 20 heavy (non-hydrogen) atoms. The van der Waals surface area contributed by atoms with E-state index >= 15 is 0 Å². The molecule has 0 heterocycles. The predicted octanol–water partition coefficient (Wildman–Crippen LogP) is 4.34. The Balaban J connectivity index is 2.08. The molecule has 0 aromatic heterocycles. The van der Waals surface area contributed by atoms with Crippen molar-refractivity contribution in [3.63, 3.8) is 0 Å². The summed E-state index contributed by atoms with van der Waals surface area (Å²) in [6, 6.07) is 12.4. The van der Waals surface area contributed by atoms with Gasteiger partial charge in [-0.3, -0.25) is 0 Å². The van der Waals surface area contributed by atoms with Crippen LogP contribution in [-0.2, 0) is 6.54 Å². The van der Waals surface area contributed by atoms with Gasteiger partial charge in [-0.05, 0) is 31.2 Å². The molecule has 0 saturated carbocycles. The molecule has 2 rings (SSSR count). The minimum absolute atomic E-state index is 0.0459. The van der Waals surface area contributed by atoms with Crippen molar-refractivity contribution in [2.45, 2.75) is 19.5 Å². The van der Waals surface area contributed by atoms with Gasteiger partial charge in [-0.25, -0.2) is 4.39 Å². The lowest BCUT2D eigenvalue weighted by Gasteiger charge is -2.17. The molecular weight excluding hydrogens is 277 g/mol. The van der Waals surface area contributed by atoms with Crippen LogP contribution in [0.3, 0.4) is 0 Å². The van der Waals surface area contributed by atoms with Gasteiger partial charge >= 0.3 is 0 Å². The molecule has 2 aromatic carbocycles. The molecule has 0 unspecified atom stereocenters. The van der Waals surface area contributed by atoms with Crippen LogP contribution in [0.4, 0.5) is 4.39 Å². The molecule has 0 radical (unpaired) electrons. The molecular formula is C16H17ClFNO. The fourth-order valence-electron chi connectivity index (χ4n) is 2.08. The number of halogens is 2. The maximum atomic E-state index is 13.6. The maximum Gasteiger partial charge on any atom is 0.127 e. The molecule has 0 aliphatic heterocycles. The van der Waals surface area contributed by atoms with Crippen LogP contribution in [0.15, 0.2) is 42.5 Å². The first-order chi connectivity index (χ1) is 9.61. The summed E-state index contributed by atoms with van der Waals surface area (Å²) in [5.41, 5.74) is 1.59. The zero-order valence-electron chi connectivity index (χ0n) is 11.5. The zero-order valence-corrected chi connectivity index (χ0v) is 12.2. The van der Waals surface area contributed by atoms with Crippen LogP contribution in [0.1, 0.15) is 24.1 Å². The smallest absolute Gasteiger partial charge is 0.127 e. The highest BCUT2D eigenvalue weighted by Crippen LogP contribution is 2.25. The van der Waals surface area contributed by atoms with Crippen molar-refractivity contribution in [2.24, 2.45) is 0 Å². The van der Waals surface area contributed by atoms with Crippen molar-refractivity contribution in [1.82, 2.24) is 5.32 Å². The van der Waals surface area contributed by atoms with E-state index in [0.717, 1.165) is 11.3 Å². The van der Waals surface area contributed by atoms with Crippen LogP contribution in [0.5, 0.6) is 5.75 Å². The second-order valence-electron chi connectivity index (χ2n) is 4.58. The van der Waals surface area contributed by atoms with Gasteiger partial charge in [0, 0.05) is 28.7 Å². The Morgan fingerprint density at radius 2 is 2.00 bits per heavy atom. The summed E-state index contributed by atoms with van der Waals surface area (Å²) < 4.78 is 19.0. The van der Waals surface area contributed by atoms with Gasteiger partial charge in [0.2, 0.25) is 0 Å². The van der Waals surface area contributed by atoms with E-state index in [4.69, 9.17) is 16.3 Å². The summed E-state index contributed by atoms with van der Waals surface area (Å²) in [4.78, 5) is 0. The van der Waals surface area contributed by atoms with Gasteiger partial charge in [0.05, 0.1) is 7.11 Å². The highest BCUT2D eigenvalue weighted by molar-refractivity contribution is 6.30.